The number of carbonyl (C=O) groups is 2. The molecule has 0 bridgehead atoms. The van der Waals surface area contributed by atoms with Crippen molar-refractivity contribution < 1.29 is 14.3 Å². The molecule has 1 amide bonds. The van der Waals surface area contributed by atoms with Crippen LogP contribution in [0.3, 0.4) is 0 Å². The topological polar surface area (TPSA) is 72.4 Å². The molecule has 0 saturated carbocycles. The average Bonchev–Trinajstić information content (AvgIpc) is 2.86. The lowest BCUT2D eigenvalue weighted by molar-refractivity contribution is -0.135. The van der Waals surface area contributed by atoms with E-state index < -0.39 is 5.97 Å². The molecule has 4 aromatic rings. The van der Waals surface area contributed by atoms with Gasteiger partial charge in [0.25, 0.3) is 5.91 Å². The van der Waals surface area contributed by atoms with Gasteiger partial charge in [-0.05, 0) is 41.8 Å². The smallest absolute Gasteiger partial charge is 0.339 e. The predicted octanol–water partition coefficient (Wildman–Crippen LogP) is 4.04. The van der Waals surface area contributed by atoms with Gasteiger partial charge in [-0.3, -0.25) is 9.78 Å². The highest BCUT2D eigenvalue weighted by atomic mass is 16.5. The maximum absolute atomic E-state index is 13.0. The number of pyridine rings is 2. The third kappa shape index (κ3) is 3.95. The maximum Gasteiger partial charge on any atom is 0.339 e. The first-order valence-electron chi connectivity index (χ1n) is 10.5. The van der Waals surface area contributed by atoms with Crippen LogP contribution in [0.4, 0.5) is 0 Å². The van der Waals surface area contributed by atoms with Gasteiger partial charge in [0.1, 0.15) is 0 Å². The van der Waals surface area contributed by atoms with Crippen molar-refractivity contribution in [1.82, 2.24) is 14.9 Å². The SMILES string of the molecule is O=C(OCC(=O)N1CCc2ccccc2C1)c1cc(-c2ccncc2)nc2ccccc12. The minimum absolute atomic E-state index is 0.194. The van der Waals surface area contributed by atoms with Crippen LogP contribution in [-0.2, 0) is 22.5 Å². The van der Waals surface area contributed by atoms with Crippen molar-refractivity contribution in [2.24, 2.45) is 0 Å². The molecule has 0 aliphatic carbocycles. The monoisotopic (exact) mass is 423 g/mol. The summed E-state index contributed by atoms with van der Waals surface area (Å²) in [6.07, 6.45) is 4.17. The van der Waals surface area contributed by atoms with E-state index >= 15 is 0 Å². The van der Waals surface area contributed by atoms with E-state index in [9.17, 15) is 9.59 Å². The highest BCUT2D eigenvalue weighted by molar-refractivity contribution is 6.05. The molecule has 3 heterocycles. The van der Waals surface area contributed by atoms with Crippen LogP contribution < -0.4 is 0 Å². The number of rotatable bonds is 4. The minimum atomic E-state index is -0.537. The Bertz CT molecular complexity index is 1300. The van der Waals surface area contributed by atoms with Crippen LogP contribution in [-0.4, -0.2) is 39.9 Å². The average molecular weight is 423 g/mol. The summed E-state index contributed by atoms with van der Waals surface area (Å²) in [7, 11) is 0. The normalized spacial score (nSPS) is 12.9. The van der Waals surface area contributed by atoms with Crippen LogP contribution in [0.1, 0.15) is 21.5 Å². The first-order chi connectivity index (χ1) is 15.7. The first-order valence-corrected chi connectivity index (χ1v) is 10.5. The summed E-state index contributed by atoms with van der Waals surface area (Å²) in [6, 6.07) is 20.9. The fourth-order valence-electron chi connectivity index (χ4n) is 4.02. The molecule has 32 heavy (non-hydrogen) atoms. The maximum atomic E-state index is 13.0. The van der Waals surface area contributed by atoms with Gasteiger partial charge < -0.3 is 9.64 Å². The number of aromatic nitrogens is 2. The van der Waals surface area contributed by atoms with Gasteiger partial charge >= 0.3 is 5.97 Å². The second-order valence-electron chi connectivity index (χ2n) is 7.72. The molecule has 0 radical (unpaired) electrons. The Kier molecular flexibility index (Phi) is 5.34. The van der Waals surface area contributed by atoms with Crippen molar-refractivity contribution in [2.45, 2.75) is 13.0 Å². The molecule has 6 heteroatoms. The fourth-order valence-corrected chi connectivity index (χ4v) is 4.02. The van der Waals surface area contributed by atoms with Gasteiger partial charge in [0.2, 0.25) is 0 Å². The van der Waals surface area contributed by atoms with Crippen LogP contribution in [0, 0.1) is 0 Å². The van der Waals surface area contributed by atoms with Crippen molar-refractivity contribution in [3.8, 4) is 11.3 Å². The lowest BCUT2D eigenvalue weighted by atomic mass is 10.00. The number of hydrogen-bond acceptors (Lipinski definition) is 5. The molecule has 5 rings (SSSR count). The molecule has 6 nitrogen and oxygen atoms in total. The Balaban J connectivity index is 1.35. The number of hydrogen-bond donors (Lipinski definition) is 0. The van der Waals surface area contributed by atoms with Crippen LogP contribution in [0.25, 0.3) is 22.2 Å². The van der Waals surface area contributed by atoms with Crippen LogP contribution in [0.15, 0.2) is 79.1 Å². The van der Waals surface area contributed by atoms with Gasteiger partial charge in [0.15, 0.2) is 6.61 Å². The lowest BCUT2D eigenvalue weighted by Gasteiger charge is -2.28. The molecule has 2 aromatic carbocycles. The molecule has 0 fully saturated rings. The Labute approximate surface area is 185 Å². The summed E-state index contributed by atoms with van der Waals surface area (Å²) in [6.45, 7) is 0.872. The molecule has 158 valence electrons. The van der Waals surface area contributed by atoms with Crippen LogP contribution in [0.5, 0.6) is 0 Å². The summed E-state index contributed by atoms with van der Waals surface area (Å²) in [5, 5.41) is 0.689. The summed E-state index contributed by atoms with van der Waals surface area (Å²) in [4.78, 5) is 36.2. The van der Waals surface area contributed by atoms with Gasteiger partial charge in [0.05, 0.1) is 16.8 Å². The van der Waals surface area contributed by atoms with Crippen LogP contribution >= 0.6 is 0 Å². The summed E-state index contributed by atoms with van der Waals surface area (Å²) in [5.41, 5.74) is 4.98. The standard InChI is InChI=1S/C26H21N3O3/c30-25(29-14-11-18-5-1-2-6-20(18)16-29)17-32-26(31)22-15-24(19-9-12-27-13-10-19)28-23-8-4-3-7-21(22)23/h1-10,12-13,15H,11,14,16-17H2. The van der Waals surface area contributed by atoms with Gasteiger partial charge in [-0.1, -0.05) is 42.5 Å². The highest BCUT2D eigenvalue weighted by Crippen LogP contribution is 2.25. The number of ether oxygens (including phenoxy) is 1. The van der Waals surface area contributed by atoms with Gasteiger partial charge in [-0.15, -0.1) is 0 Å². The molecule has 1 aliphatic rings. The second kappa shape index (κ2) is 8.59. The third-order valence-electron chi connectivity index (χ3n) is 5.72. The molecular weight excluding hydrogens is 402 g/mol. The van der Waals surface area contributed by atoms with E-state index in [1.165, 1.54) is 5.56 Å². The molecule has 0 spiro atoms. The number of amides is 1. The van der Waals surface area contributed by atoms with Crippen LogP contribution in [0.2, 0.25) is 0 Å². The Morgan fingerprint density at radius 3 is 2.53 bits per heavy atom. The Hall–Kier alpha value is -4.06. The molecule has 0 saturated heterocycles. The molecule has 0 N–H and O–H groups in total. The summed E-state index contributed by atoms with van der Waals surface area (Å²) < 4.78 is 5.46. The largest absolute Gasteiger partial charge is 0.452 e. The van der Waals surface area contributed by atoms with E-state index in [0.29, 0.717) is 35.2 Å². The highest BCUT2D eigenvalue weighted by Gasteiger charge is 2.22. The van der Waals surface area contributed by atoms with Crippen molar-refractivity contribution in [3.05, 3.63) is 95.8 Å². The van der Waals surface area contributed by atoms with Gasteiger partial charge in [-0.2, -0.15) is 0 Å². The van der Waals surface area contributed by atoms with Gasteiger partial charge in [0, 0.05) is 36.4 Å². The summed E-state index contributed by atoms with van der Waals surface area (Å²) >= 11 is 0. The quantitative estimate of drug-likeness (QED) is 0.463. The number of nitrogens with zero attached hydrogens (tertiary/aromatic N) is 3. The first kappa shape index (κ1) is 19.9. The number of para-hydroxylation sites is 1. The number of esters is 1. The minimum Gasteiger partial charge on any atom is -0.452 e. The van der Waals surface area contributed by atoms with Gasteiger partial charge in [-0.25, -0.2) is 9.78 Å². The lowest BCUT2D eigenvalue weighted by Crippen LogP contribution is -2.38. The van der Waals surface area contributed by atoms with Crippen molar-refractivity contribution in [1.29, 1.82) is 0 Å². The molecule has 2 aromatic heterocycles. The molecule has 0 atom stereocenters. The van der Waals surface area contributed by atoms with Crippen molar-refractivity contribution >= 4 is 22.8 Å². The summed E-state index contributed by atoms with van der Waals surface area (Å²) in [5.74, 6) is -0.731. The van der Waals surface area contributed by atoms with E-state index in [1.54, 1.807) is 23.4 Å². The van der Waals surface area contributed by atoms with Crippen molar-refractivity contribution in [3.63, 3.8) is 0 Å². The molecule has 0 unspecified atom stereocenters. The van der Waals surface area contributed by atoms with E-state index in [2.05, 4.69) is 16.0 Å². The van der Waals surface area contributed by atoms with E-state index in [4.69, 9.17) is 4.74 Å². The fraction of sp³-hybridized carbons (Fsp3) is 0.154. The predicted molar refractivity (Wildman–Crippen MR) is 121 cm³/mol. The number of fused-ring (bicyclic) bond motifs is 2. The number of carbonyl (C=O) groups excluding carboxylic acids is 2. The van der Waals surface area contributed by atoms with E-state index in [0.717, 1.165) is 17.5 Å². The third-order valence-corrected chi connectivity index (χ3v) is 5.72. The Morgan fingerprint density at radius 2 is 1.69 bits per heavy atom. The number of benzene rings is 2. The second-order valence-corrected chi connectivity index (χ2v) is 7.72. The zero-order valence-corrected chi connectivity index (χ0v) is 17.4. The van der Waals surface area contributed by atoms with E-state index in [-0.39, 0.29) is 12.5 Å². The zero-order chi connectivity index (χ0) is 21.9. The zero-order valence-electron chi connectivity index (χ0n) is 17.4. The Morgan fingerprint density at radius 1 is 0.938 bits per heavy atom. The molecular formula is C26H21N3O3. The molecule has 1 aliphatic heterocycles. The van der Waals surface area contributed by atoms with Crippen molar-refractivity contribution in [2.75, 3.05) is 13.2 Å². The van der Waals surface area contributed by atoms with E-state index in [1.807, 2.05) is 54.6 Å².